The van der Waals surface area contributed by atoms with E-state index < -0.39 is 5.91 Å². The van der Waals surface area contributed by atoms with Crippen molar-refractivity contribution in [3.8, 4) is 0 Å². The van der Waals surface area contributed by atoms with E-state index in [1.54, 1.807) is 61.5 Å². The Morgan fingerprint density at radius 2 is 1.34 bits per heavy atom. The first-order valence-corrected chi connectivity index (χ1v) is 14.8. The lowest BCUT2D eigenvalue weighted by molar-refractivity contribution is -0.105. The van der Waals surface area contributed by atoms with E-state index in [0.29, 0.717) is 46.2 Å². The van der Waals surface area contributed by atoms with Gasteiger partial charge < -0.3 is 16.0 Å². The van der Waals surface area contributed by atoms with Crippen LogP contribution in [0.2, 0.25) is 0 Å². The Hall–Kier alpha value is -6.16. The van der Waals surface area contributed by atoms with Crippen LogP contribution in [-0.4, -0.2) is 50.5 Å². The number of benzene rings is 4. The van der Waals surface area contributed by atoms with Crippen molar-refractivity contribution in [2.45, 2.75) is 20.8 Å². The number of aldehydes is 3. The zero-order valence-corrected chi connectivity index (χ0v) is 27.0. The third-order valence-electron chi connectivity index (χ3n) is 6.27. The van der Waals surface area contributed by atoms with E-state index in [4.69, 9.17) is 0 Å². The first-order chi connectivity index (χ1) is 22.8. The Labute approximate surface area is 275 Å². The molecule has 2 amide bonds. The maximum Gasteiger partial charge on any atom is 0.255 e. The van der Waals surface area contributed by atoms with Crippen LogP contribution in [0.15, 0.2) is 108 Å². The van der Waals surface area contributed by atoms with Crippen molar-refractivity contribution in [2.24, 2.45) is 5.10 Å². The molecule has 4 aromatic carbocycles. The van der Waals surface area contributed by atoms with Gasteiger partial charge in [0, 0.05) is 47.7 Å². The van der Waals surface area contributed by atoms with Crippen molar-refractivity contribution in [2.75, 3.05) is 30.2 Å². The number of hydrogen-bond acceptors (Lipinski definition) is 8. The van der Waals surface area contributed by atoms with Gasteiger partial charge in [0.05, 0.1) is 5.69 Å². The number of allylic oxidation sites excluding steroid dienone is 1. The van der Waals surface area contributed by atoms with E-state index >= 15 is 0 Å². The lowest BCUT2D eigenvalue weighted by atomic mass is 10.0. The molecule has 242 valence electrons. The summed E-state index contributed by atoms with van der Waals surface area (Å²) in [4.78, 5) is 58.6. The molecule has 10 heteroatoms. The Kier molecular flexibility index (Phi) is 15.7. The topological polar surface area (TPSA) is 146 Å². The van der Waals surface area contributed by atoms with E-state index in [-0.39, 0.29) is 22.7 Å². The van der Waals surface area contributed by atoms with Crippen LogP contribution >= 0.6 is 0 Å². The molecule has 0 aliphatic carbocycles. The van der Waals surface area contributed by atoms with Crippen LogP contribution in [0.1, 0.15) is 63.0 Å². The fraction of sp³-hybridized carbons (Fsp3) is 0.135. The number of carbonyl (C=O) groups is 5. The zero-order chi connectivity index (χ0) is 34.6. The van der Waals surface area contributed by atoms with Gasteiger partial charge in [-0.2, -0.15) is 5.10 Å². The number of hydrogen-bond donors (Lipinski definition) is 4. The van der Waals surface area contributed by atoms with Crippen LogP contribution in [0.25, 0.3) is 6.08 Å². The molecule has 4 N–H and O–H groups in total. The highest BCUT2D eigenvalue weighted by Gasteiger charge is 2.12. The van der Waals surface area contributed by atoms with Gasteiger partial charge in [-0.05, 0) is 78.7 Å². The van der Waals surface area contributed by atoms with E-state index in [9.17, 15) is 24.0 Å². The van der Waals surface area contributed by atoms with Crippen molar-refractivity contribution < 1.29 is 24.0 Å². The van der Waals surface area contributed by atoms with Gasteiger partial charge in [0.25, 0.3) is 11.8 Å². The molecule has 10 nitrogen and oxygen atoms in total. The summed E-state index contributed by atoms with van der Waals surface area (Å²) in [5.41, 5.74) is 7.45. The molecule has 0 aromatic heterocycles. The second-order valence-corrected chi connectivity index (χ2v) is 9.51. The molecule has 0 bridgehead atoms. The lowest BCUT2D eigenvalue weighted by Crippen LogP contribution is -2.19. The predicted molar refractivity (Wildman–Crippen MR) is 189 cm³/mol. The monoisotopic (exact) mass is 633 g/mol. The molecule has 0 saturated heterocycles. The highest BCUT2D eigenvalue weighted by atomic mass is 16.2. The van der Waals surface area contributed by atoms with Crippen LogP contribution in [0, 0.1) is 0 Å². The number of carbonyl (C=O) groups excluding carboxylic acids is 5. The summed E-state index contributed by atoms with van der Waals surface area (Å²) in [6.07, 6.45) is 3.59. The first-order valence-electron chi connectivity index (χ1n) is 14.8. The van der Waals surface area contributed by atoms with E-state index in [1.807, 2.05) is 51.2 Å². The van der Waals surface area contributed by atoms with Crippen molar-refractivity contribution in [3.63, 3.8) is 0 Å². The predicted octanol–water partition coefficient (Wildman–Crippen LogP) is 6.48. The molecule has 0 unspecified atom stereocenters. The minimum absolute atomic E-state index is 0.134. The Balaban J connectivity index is 0.000000660. The number of rotatable bonds is 11. The zero-order valence-electron chi connectivity index (χ0n) is 27.0. The first kappa shape index (κ1) is 37.0. The average molecular weight is 634 g/mol. The van der Waals surface area contributed by atoms with Gasteiger partial charge in [-0.3, -0.25) is 29.4 Å². The Morgan fingerprint density at radius 3 is 1.91 bits per heavy atom. The molecule has 0 aliphatic heterocycles. The number of amides is 2. The molecule has 47 heavy (non-hydrogen) atoms. The summed E-state index contributed by atoms with van der Waals surface area (Å²) >= 11 is 0. The second kappa shape index (κ2) is 20.0. The number of anilines is 3. The van der Waals surface area contributed by atoms with E-state index in [1.165, 1.54) is 25.2 Å². The van der Waals surface area contributed by atoms with Crippen molar-refractivity contribution in [1.29, 1.82) is 0 Å². The van der Waals surface area contributed by atoms with Crippen LogP contribution < -0.4 is 21.4 Å². The lowest BCUT2D eigenvalue weighted by Gasteiger charge is -2.09. The van der Waals surface area contributed by atoms with Crippen molar-refractivity contribution >= 4 is 59.5 Å². The van der Waals surface area contributed by atoms with Gasteiger partial charge in [-0.15, -0.1) is 0 Å². The number of para-hydroxylation sites is 1. The molecule has 0 aliphatic rings. The van der Waals surface area contributed by atoms with Gasteiger partial charge >= 0.3 is 0 Å². The van der Waals surface area contributed by atoms with Crippen molar-refractivity contribution in [1.82, 2.24) is 5.32 Å². The van der Waals surface area contributed by atoms with Gasteiger partial charge in [0.1, 0.15) is 18.3 Å². The van der Waals surface area contributed by atoms with Gasteiger partial charge in [-0.1, -0.05) is 56.3 Å². The minimum Gasteiger partial charge on any atom is -0.388 e. The molecule has 0 spiro atoms. The van der Waals surface area contributed by atoms with Crippen LogP contribution in [0.4, 0.5) is 17.1 Å². The van der Waals surface area contributed by atoms with E-state index in [2.05, 4.69) is 26.5 Å². The summed E-state index contributed by atoms with van der Waals surface area (Å²) in [7, 11) is 3.38. The quantitative estimate of drug-likeness (QED) is 0.0640. The van der Waals surface area contributed by atoms with Crippen molar-refractivity contribution in [3.05, 3.63) is 130 Å². The maximum atomic E-state index is 12.7. The fourth-order valence-electron chi connectivity index (χ4n) is 3.98. The molecule has 4 aromatic rings. The molecular weight excluding hydrogens is 594 g/mol. The fourth-order valence-corrected chi connectivity index (χ4v) is 3.98. The number of nitrogens with zero attached hydrogens (tertiary/aromatic N) is 1. The molecule has 0 heterocycles. The maximum absolute atomic E-state index is 12.7. The largest absolute Gasteiger partial charge is 0.388 e. The Bertz CT molecular complexity index is 1720. The summed E-state index contributed by atoms with van der Waals surface area (Å²) in [6, 6.07) is 27.8. The van der Waals surface area contributed by atoms with Crippen LogP contribution in [-0.2, 0) is 9.59 Å². The minimum atomic E-state index is -0.444. The second-order valence-electron chi connectivity index (χ2n) is 9.51. The van der Waals surface area contributed by atoms with Gasteiger partial charge in [0.15, 0.2) is 6.29 Å². The van der Waals surface area contributed by atoms with Crippen LogP contribution in [0.3, 0.4) is 0 Å². The summed E-state index contributed by atoms with van der Waals surface area (Å²) < 4.78 is 0. The standard InChI is InChI=1S/C28H24N4O5.C7H9N.C2H6/c1-18(15-33)11-21-5-3-4-6-25(21)26(17-35)32-31-23-9-7-20(8-10-23)28(37)30-24-13-19(16-34)12-22(14-24)27(36)29-2;1-8-7-5-3-2-4-6-7;1-2/h3-17,31H,1-2H3,(H,29,36)(H,30,37);2-6,8H,1H3;1-2H3/b18-11+,32-26-;;. The molecule has 0 atom stereocenters. The molecule has 0 radical (unpaired) electrons. The highest BCUT2D eigenvalue weighted by molar-refractivity contribution is 6.37. The Morgan fingerprint density at radius 1 is 0.681 bits per heavy atom. The summed E-state index contributed by atoms with van der Waals surface area (Å²) in [6.45, 7) is 5.66. The third-order valence-corrected chi connectivity index (χ3v) is 6.27. The summed E-state index contributed by atoms with van der Waals surface area (Å²) in [5, 5.41) is 12.4. The van der Waals surface area contributed by atoms with Crippen LogP contribution in [0.5, 0.6) is 0 Å². The van der Waals surface area contributed by atoms with E-state index in [0.717, 1.165) is 12.0 Å². The van der Waals surface area contributed by atoms with Gasteiger partial charge in [-0.25, -0.2) is 0 Å². The SMILES string of the molecule is CC.CNC(=O)c1cc(C=O)cc(NC(=O)c2ccc(N/N=C(/C=O)c3ccccc3/C=C(\C)C=O)cc2)c1.CNc1ccccc1. The highest BCUT2D eigenvalue weighted by Crippen LogP contribution is 2.18. The summed E-state index contributed by atoms with van der Waals surface area (Å²) in [5.74, 6) is -0.830. The van der Waals surface area contributed by atoms with Gasteiger partial charge in [0.2, 0.25) is 0 Å². The smallest absolute Gasteiger partial charge is 0.255 e. The molecular formula is C37H39N5O5. The molecule has 0 saturated carbocycles. The normalized spacial score (nSPS) is 10.5. The number of nitrogens with one attached hydrogen (secondary N) is 4. The molecule has 0 fully saturated rings. The molecule has 4 rings (SSSR count). The number of hydrazone groups is 1. The third kappa shape index (κ3) is 11.7. The average Bonchev–Trinajstić information content (AvgIpc) is 3.13.